The van der Waals surface area contributed by atoms with Crippen LogP contribution in [-0.2, 0) is 27.3 Å². The highest BCUT2D eigenvalue weighted by Crippen LogP contribution is 2.38. The zero-order valence-corrected chi connectivity index (χ0v) is 21.4. The van der Waals surface area contributed by atoms with Gasteiger partial charge in [-0.1, -0.05) is 50.2 Å². The number of hydrogen-bond acceptors (Lipinski definition) is 5. The van der Waals surface area contributed by atoms with Crippen LogP contribution in [0.4, 0.5) is 15.8 Å². The van der Waals surface area contributed by atoms with Crippen molar-refractivity contribution in [3.63, 3.8) is 0 Å². The van der Waals surface area contributed by atoms with Gasteiger partial charge in [0, 0.05) is 24.2 Å². The van der Waals surface area contributed by atoms with Crippen LogP contribution < -0.4 is 10.6 Å². The van der Waals surface area contributed by atoms with Crippen LogP contribution in [0.25, 0.3) is 11.3 Å². The average molecular weight is 502 g/mol. The number of rotatable bonds is 10. The van der Waals surface area contributed by atoms with Gasteiger partial charge in [0.25, 0.3) is 5.91 Å². The normalized spacial score (nSPS) is 13.8. The van der Waals surface area contributed by atoms with E-state index in [1.165, 1.54) is 24.8 Å². The van der Waals surface area contributed by atoms with E-state index >= 15 is 0 Å². The lowest BCUT2D eigenvalue weighted by molar-refractivity contribution is -0.140. The fraction of sp³-hybridized carbons (Fsp3) is 0.267. The summed E-state index contributed by atoms with van der Waals surface area (Å²) in [4.78, 5) is 26.9. The topological polar surface area (TPSA) is 70.7 Å². The van der Waals surface area contributed by atoms with Gasteiger partial charge in [0.15, 0.2) is 0 Å². The number of hydrogen-bond donors (Lipinski definition) is 2. The number of methoxy groups -OCH3 is 1. The Hall–Kier alpha value is -3.97. The van der Waals surface area contributed by atoms with Gasteiger partial charge in [0.1, 0.15) is 5.82 Å². The molecular formula is C30H32FN3O3. The molecule has 0 bridgehead atoms. The molecule has 2 N–H and O–H groups in total. The third-order valence-corrected chi connectivity index (χ3v) is 6.59. The quantitative estimate of drug-likeness (QED) is 0.275. The fourth-order valence-corrected chi connectivity index (χ4v) is 4.40. The number of fused-ring (bicyclic) bond motifs is 1. The van der Waals surface area contributed by atoms with Crippen molar-refractivity contribution in [1.82, 2.24) is 4.90 Å². The molecule has 6 nitrogen and oxygen atoms in total. The number of amides is 1. The molecule has 1 aliphatic rings. The van der Waals surface area contributed by atoms with Crippen molar-refractivity contribution in [2.24, 2.45) is 0 Å². The van der Waals surface area contributed by atoms with E-state index in [1.807, 2.05) is 36.4 Å². The third kappa shape index (κ3) is 6.24. The maximum absolute atomic E-state index is 13.8. The van der Waals surface area contributed by atoms with Gasteiger partial charge in [-0.15, -0.1) is 0 Å². The second-order valence-electron chi connectivity index (χ2n) is 8.95. The van der Waals surface area contributed by atoms with E-state index in [0.717, 1.165) is 36.4 Å². The molecule has 37 heavy (non-hydrogen) atoms. The van der Waals surface area contributed by atoms with Crippen LogP contribution >= 0.6 is 0 Å². The maximum atomic E-state index is 13.8. The Morgan fingerprint density at radius 2 is 1.65 bits per heavy atom. The largest absolute Gasteiger partial charge is 0.469 e. The smallest absolute Gasteiger partial charge is 0.305 e. The second-order valence-corrected chi connectivity index (χ2v) is 8.95. The molecule has 3 aromatic carbocycles. The summed E-state index contributed by atoms with van der Waals surface area (Å²) < 4.78 is 18.6. The highest BCUT2D eigenvalue weighted by molar-refractivity contribution is 6.37. The Balaban J connectivity index is 1.69. The lowest BCUT2D eigenvalue weighted by atomic mass is 9.98. The number of benzene rings is 3. The molecule has 0 atom stereocenters. The van der Waals surface area contributed by atoms with E-state index in [4.69, 9.17) is 4.74 Å². The Kier molecular flexibility index (Phi) is 8.36. The average Bonchev–Trinajstić information content (AvgIpc) is 3.24. The zero-order chi connectivity index (χ0) is 26.4. The van der Waals surface area contributed by atoms with Gasteiger partial charge >= 0.3 is 5.97 Å². The van der Waals surface area contributed by atoms with E-state index in [-0.39, 0.29) is 11.9 Å². The van der Waals surface area contributed by atoms with Crippen LogP contribution in [0.15, 0.2) is 66.7 Å². The highest BCUT2D eigenvalue weighted by Gasteiger charge is 2.29. The monoisotopic (exact) mass is 501 g/mol. The van der Waals surface area contributed by atoms with Gasteiger partial charge in [0.05, 0.1) is 24.1 Å². The molecule has 192 valence electrons. The predicted molar refractivity (Wildman–Crippen MR) is 145 cm³/mol. The Labute approximate surface area is 217 Å². The molecule has 3 aromatic rings. The van der Waals surface area contributed by atoms with Gasteiger partial charge in [-0.2, -0.15) is 0 Å². The number of carbonyl (C=O) groups excluding carboxylic acids is 2. The lowest BCUT2D eigenvalue weighted by Gasteiger charge is -2.19. The molecule has 4 rings (SSSR count). The molecule has 0 spiro atoms. The molecule has 1 heterocycles. The van der Waals surface area contributed by atoms with Crippen molar-refractivity contribution in [3.8, 4) is 0 Å². The predicted octanol–water partition coefficient (Wildman–Crippen LogP) is 5.71. The number of esters is 1. The van der Waals surface area contributed by atoms with Gasteiger partial charge in [0.2, 0.25) is 0 Å². The van der Waals surface area contributed by atoms with Crippen LogP contribution in [0.2, 0.25) is 0 Å². The van der Waals surface area contributed by atoms with E-state index in [1.54, 1.807) is 6.07 Å². The molecule has 1 aliphatic heterocycles. The molecule has 0 unspecified atom stereocenters. The first-order valence-electron chi connectivity index (χ1n) is 12.5. The summed E-state index contributed by atoms with van der Waals surface area (Å²) in [6, 6.07) is 20.2. The van der Waals surface area contributed by atoms with Crippen LogP contribution in [0.1, 0.15) is 42.5 Å². The number of nitrogens with zero attached hydrogens (tertiary/aromatic N) is 1. The number of nitrogens with one attached hydrogen (secondary N) is 2. The van der Waals surface area contributed by atoms with Gasteiger partial charge in [-0.3, -0.25) is 14.5 Å². The summed E-state index contributed by atoms with van der Waals surface area (Å²) in [6.45, 7) is 7.13. The molecule has 7 heteroatoms. The molecule has 0 saturated heterocycles. The summed E-state index contributed by atoms with van der Waals surface area (Å²) in [6.07, 6.45) is 0.853. The first-order chi connectivity index (χ1) is 17.9. The zero-order valence-electron chi connectivity index (χ0n) is 21.4. The van der Waals surface area contributed by atoms with Crippen molar-refractivity contribution < 1.29 is 18.7 Å². The fourth-order valence-electron chi connectivity index (χ4n) is 4.40. The van der Waals surface area contributed by atoms with Gasteiger partial charge in [-0.25, -0.2) is 4.39 Å². The Morgan fingerprint density at radius 3 is 2.30 bits per heavy atom. The van der Waals surface area contributed by atoms with E-state index < -0.39 is 5.82 Å². The highest BCUT2D eigenvalue weighted by atomic mass is 19.1. The number of aryl methyl sites for hydroxylation is 1. The number of carbonyl (C=O) groups is 2. The molecule has 0 aromatic heterocycles. The molecular weight excluding hydrogens is 469 g/mol. The van der Waals surface area contributed by atoms with E-state index in [2.05, 4.69) is 41.5 Å². The van der Waals surface area contributed by atoms with Crippen molar-refractivity contribution in [2.75, 3.05) is 30.8 Å². The van der Waals surface area contributed by atoms with E-state index in [0.29, 0.717) is 35.4 Å². The molecule has 1 amide bonds. The molecule has 0 fully saturated rings. The summed E-state index contributed by atoms with van der Waals surface area (Å²) >= 11 is 0. The Bertz CT molecular complexity index is 1300. The molecule has 0 radical (unpaired) electrons. The van der Waals surface area contributed by atoms with Crippen LogP contribution in [0, 0.1) is 5.82 Å². The first kappa shape index (κ1) is 26.1. The summed E-state index contributed by atoms with van der Waals surface area (Å²) in [5, 5.41) is 6.23. The SMILES string of the molecule is CCN(CC)Cc1ccc(NC(=C2C(=O)Nc3cc(F)ccc32)c2ccc(CCC(=O)OC)cc2)cc1. The van der Waals surface area contributed by atoms with Crippen molar-refractivity contribution >= 4 is 34.5 Å². The standard InChI is InChI=1S/C30H32FN3O3/c1-4-34(5-2)19-21-8-14-24(15-9-21)32-29(22-11-6-20(7-12-22)10-17-27(35)37-3)28-25-16-13-23(31)18-26(25)33-30(28)36/h6-9,11-16,18,32H,4-5,10,17,19H2,1-3H3,(H,33,36). The minimum atomic E-state index is -0.409. The minimum Gasteiger partial charge on any atom is -0.469 e. The maximum Gasteiger partial charge on any atom is 0.305 e. The summed E-state index contributed by atoms with van der Waals surface area (Å²) in [5.41, 5.74) is 5.99. The second kappa shape index (κ2) is 11.8. The van der Waals surface area contributed by atoms with Crippen molar-refractivity contribution in [3.05, 3.63) is 94.8 Å². The summed E-state index contributed by atoms with van der Waals surface area (Å²) in [5.74, 6) is -0.964. The van der Waals surface area contributed by atoms with Crippen LogP contribution in [0.3, 0.4) is 0 Å². The first-order valence-corrected chi connectivity index (χ1v) is 12.5. The Morgan fingerprint density at radius 1 is 0.973 bits per heavy atom. The van der Waals surface area contributed by atoms with Crippen molar-refractivity contribution in [1.29, 1.82) is 0 Å². The van der Waals surface area contributed by atoms with Crippen LogP contribution in [-0.4, -0.2) is 37.0 Å². The molecule has 0 aliphatic carbocycles. The number of anilines is 2. The molecule has 0 saturated carbocycles. The third-order valence-electron chi connectivity index (χ3n) is 6.59. The van der Waals surface area contributed by atoms with Crippen LogP contribution in [0.5, 0.6) is 0 Å². The van der Waals surface area contributed by atoms with E-state index in [9.17, 15) is 14.0 Å². The minimum absolute atomic E-state index is 0.260. The van der Waals surface area contributed by atoms with Gasteiger partial charge in [-0.05, 0) is 66.5 Å². The number of halogens is 1. The lowest BCUT2D eigenvalue weighted by Crippen LogP contribution is -2.22. The van der Waals surface area contributed by atoms with Crippen molar-refractivity contribution in [2.45, 2.75) is 33.2 Å². The van der Waals surface area contributed by atoms with Gasteiger partial charge < -0.3 is 15.4 Å². The number of ether oxygens (including phenoxy) is 1. The summed E-state index contributed by atoms with van der Waals surface area (Å²) in [7, 11) is 1.38.